The molecule has 98 valence electrons. The molecule has 0 radical (unpaired) electrons. The third kappa shape index (κ3) is 1.83. The minimum Gasteiger partial charge on any atom is -0.361 e. The lowest BCUT2D eigenvalue weighted by molar-refractivity contribution is 0.0924. The van der Waals surface area contributed by atoms with Crippen LogP contribution in [0.1, 0.15) is 16.8 Å². The van der Waals surface area contributed by atoms with E-state index in [0.29, 0.717) is 12.0 Å². The van der Waals surface area contributed by atoms with Gasteiger partial charge in [-0.15, -0.1) is 0 Å². The molecule has 2 unspecified atom stereocenters. The zero-order valence-electron chi connectivity index (χ0n) is 10.7. The van der Waals surface area contributed by atoms with Crippen molar-refractivity contribution in [3.8, 4) is 0 Å². The number of piperidine rings is 1. The molecule has 2 saturated heterocycles. The molecule has 19 heavy (non-hydrogen) atoms. The van der Waals surface area contributed by atoms with Crippen LogP contribution in [0.5, 0.6) is 0 Å². The smallest absolute Gasteiger partial charge is 0.251 e. The largest absolute Gasteiger partial charge is 0.361 e. The van der Waals surface area contributed by atoms with Crippen LogP contribution in [0.15, 0.2) is 30.5 Å². The lowest BCUT2D eigenvalue weighted by Crippen LogP contribution is -2.43. The summed E-state index contributed by atoms with van der Waals surface area (Å²) < 4.78 is 0. The average molecular weight is 255 g/mol. The van der Waals surface area contributed by atoms with Crippen molar-refractivity contribution in [3.05, 3.63) is 36.0 Å². The highest BCUT2D eigenvalue weighted by atomic mass is 16.1. The van der Waals surface area contributed by atoms with Gasteiger partial charge in [0.2, 0.25) is 0 Å². The Kier molecular flexibility index (Phi) is 2.38. The van der Waals surface area contributed by atoms with Gasteiger partial charge in [-0.1, -0.05) is 0 Å². The van der Waals surface area contributed by atoms with E-state index in [0.717, 1.165) is 29.6 Å². The summed E-state index contributed by atoms with van der Waals surface area (Å²) in [5.41, 5.74) is 1.83. The molecule has 0 spiro atoms. The number of nitrogens with one attached hydrogen (secondary N) is 2. The van der Waals surface area contributed by atoms with Gasteiger partial charge in [-0.05, 0) is 43.1 Å². The number of benzene rings is 1. The van der Waals surface area contributed by atoms with Crippen molar-refractivity contribution in [1.29, 1.82) is 0 Å². The molecule has 1 aromatic carbocycles. The summed E-state index contributed by atoms with van der Waals surface area (Å²) in [4.78, 5) is 17.9. The van der Waals surface area contributed by atoms with Crippen molar-refractivity contribution >= 4 is 16.8 Å². The molecule has 3 heterocycles. The predicted molar refractivity (Wildman–Crippen MR) is 74.1 cm³/mol. The molecular formula is C15H17N3O. The minimum absolute atomic E-state index is 0.0573. The van der Waals surface area contributed by atoms with Crippen molar-refractivity contribution in [2.75, 3.05) is 19.6 Å². The highest BCUT2D eigenvalue weighted by Crippen LogP contribution is 2.28. The maximum atomic E-state index is 12.3. The third-order valence-electron chi connectivity index (χ3n) is 4.46. The van der Waals surface area contributed by atoms with E-state index in [1.165, 1.54) is 13.0 Å². The number of carbonyl (C=O) groups excluding carboxylic acids is 1. The van der Waals surface area contributed by atoms with E-state index in [1.807, 2.05) is 30.5 Å². The van der Waals surface area contributed by atoms with Crippen LogP contribution in [0, 0.1) is 5.92 Å². The quantitative estimate of drug-likeness (QED) is 0.856. The first-order chi connectivity index (χ1) is 9.29. The van der Waals surface area contributed by atoms with Crippen molar-refractivity contribution < 1.29 is 4.79 Å². The van der Waals surface area contributed by atoms with Gasteiger partial charge in [0.05, 0.1) is 0 Å². The molecule has 4 nitrogen and oxygen atoms in total. The minimum atomic E-state index is 0.0573. The van der Waals surface area contributed by atoms with Gasteiger partial charge in [-0.3, -0.25) is 4.79 Å². The first-order valence-electron chi connectivity index (χ1n) is 6.90. The number of hydrogen-bond acceptors (Lipinski definition) is 2. The van der Waals surface area contributed by atoms with E-state index in [-0.39, 0.29) is 5.91 Å². The topological polar surface area (TPSA) is 48.1 Å². The van der Waals surface area contributed by atoms with Crippen LogP contribution in [0.4, 0.5) is 0 Å². The van der Waals surface area contributed by atoms with Crippen LogP contribution in [-0.2, 0) is 0 Å². The van der Waals surface area contributed by atoms with Gasteiger partial charge in [-0.25, -0.2) is 0 Å². The fourth-order valence-corrected chi connectivity index (χ4v) is 3.39. The van der Waals surface area contributed by atoms with E-state index >= 15 is 0 Å². The first-order valence-corrected chi connectivity index (χ1v) is 6.90. The Balaban J connectivity index is 1.53. The lowest BCUT2D eigenvalue weighted by Gasteiger charge is -2.23. The highest BCUT2D eigenvalue weighted by molar-refractivity contribution is 5.98. The predicted octanol–water partition coefficient (Wildman–Crippen LogP) is 1.60. The summed E-state index contributed by atoms with van der Waals surface area (Å²) in [6.45, 7) is 3.37. The summed E-state index contributed by atoms with van der Waals surface area (Å²) in [5.74, 6) is 0.710. The number of aromatic nitrogens is 1. The zero-order valence-corrected chi connectivity index (χ0v) is 10.7. The fourth-order valence-electron chi connectivity index (χ4n) is 3.39. The van der Waals surface area contributed by atoms with Crippen LogP contribution in [-0.4, -0.2) is 41.5 Å². The molecule has 1 amide bonds. The number of nitrogens with zero attached hydrogens (tertiary/aromatic N) is 1. The summed E-state index contributed by atoms with van der Waals surface area (Å²) in [6, 6.07) is 8.14. The Hall–Kier alpha value is -1.81. The van der Waals surface area contributed by atoms with Crippen molar-refractivity contribution in [2.24, 2.45) is 5.92 Å². The molecule has 0 saturated carbocycles. The summed E-state index contributed by atoms with van der Waals surface area (Å²) in [6.07, 6.45) is 3.12. The number of amides is 1. The van der Waals surface area contributed by atoms with Crippen LogP contribution in [0.2, 0.25) is 0 Å². The number of aromatic amines is 1. The second kappa shape index (κ2) is 4.10. The summed E-state index contributed by atoms with van der Waals surface area (Å²) >= 11 is 0. The molecule has 2 fully saturated rings. The van der Waals surface area contributed by atoms with Crippen LogP contribution >= 0.6 is 0 Å². The van der Waals surface area contributed by atoms with E-state index in [2.05, 4.69) is 15.2 Å². The summed E-state index contributed by atoms with van der Waals surface area (Å²) in [7, 11) is 0. The number of hydrogen-bond donors (Lipinski definition) is 2. The number of H-pyrrole nitrogens is 1. The molecule has 2 aliphatic rings. The number of rotatable bonds is 2. The van der Waals surface area contributed by atoms with Gasteiger partial charge in [0, 0.05) is 41.8 Å². The van der Waals surface area contributed by atoms with Gasteiger partial charge in [0.1, 0.15) is 0 Å². The second-order valence-electron chi connectivity index (χ2n) is 5.67. The lowest BCUT2D eigenvalue weighted by atomic mass is 9.99. The van der Waals surface area contributed by atoms with Crippen molar-refractivity contribution in [3.63, 3.8) is 0 Å². The normalized spacial score (nSPS) is 28.9. The van der Waals surface area contributed by atoms with E-state index in [1.54, 1.807) is 0 Å². The maximum Gasteiger partial charge on any atom is 0.251 e. The third-order valence-corrected chi connectivity index (χ3v) is 4.46. The van der Waals surface area contributed by atoms with Gasteiger partial charge in [-0.2, -0.15) is 0 Å². The molecule has 3 atom stereocenters. The molecule has 4 heteroatoms. The SMILES string of the molecule is O=C(NC1CN2CC[C@@H]1C2)c1ccc2[nH]ccc2c1. The Morgan fingerprint density at radius 3 is 3.05 bits per heavy atom. The van der Waals surface area contributed by atoms with E-state index < -0.39 is 0 Å². The zero-order chi connectivity index (χ0) is 12.8. The average Bonchev–Trinajstić information content (AvgIpc) is 3.13. The Labute approximate surface area is 111 Å². The molecule has 0 aliphatic carbocycles. The molecule has 1 aromatic heterocycles. The van der Waals surface area contributed by atoms with Crippen LogP contribution < -0.4 is 5.32 Å². The number of carbonyl (C=O) groups is 1. The van der Waals surface area contributed by atoms with Gasteiger partial charge >= 0.3 is 0 Å². The van der Waals surface area contributed by atoms with Crippen LogP contribution in [0.3, 0.4) is 0 Å². The molecular weight excluding hydrogens is 238 g/mol. The molecule has 2 aromatic rings. The van der Waals surface area contributed by atoms with Crippen molar-refractivity contribution in [1.82, 2.24) is 15.2 Å². The van der Waals surface area contributed by atoms with E-state index in [9.17, 15) is 4.79 Å². The molecule has 4 rings (SSSR count). The van der Waals surface area contributed by atoms with Gasteiger partial charge in [0.15, 0.2) is 0 Å². The van der Waals surface area contributed by atoms with Gasteiger partial charge < -0.3 is 15.2 Å². The maximum absolute atomic E-state index is 12.3. The Morgan fingerprint density at radius 2 is 2.26 bits per heavy atom. The van der Waals surface area contributed by atoms with Gasteiger partial charge in [0.25, 0.3) is 5.91 Å². The van der Waals surface area contributed by atoms with Crippen LogP contribution in [0.25, 0.3) is 10.9 Å². The first kappa shape index (κ1) is 11.1. The van der Waals surface area contributed by atoms with E-state index in [4.69, 9.17) is 0 Å². The monoisotopic (exact) mass is 255 g/mol. The Morgan fingerprint density at radius 1 is 1.32 bits per heavy atom. The molecule has 2 bridgehead atoms. The number of fused-ring (bicyclic) bond motifs is 3. The molecule has 2 aliphatic heterocycles. The second-order valence-corrected chi connectivity index (χ2v) is 5.67. The summed E-state index contributed by atoms with van der Waals surface area (Å²) in [5, 5.41) is 4.28. The fraction of sp³-hybridized carbons (Fsp3) is 0.400. The Bertz CT molecular complexity index is 633. The molecule has 2 N–H and O–H groups in total. The standard InChI is InChI=1S/C15H17N3O/c19-15(17-14-9-18-6-4-12(14)8-18)11-1-2-13-10(7-11)3-5-16-13/h1-3,5,7,12,14,16H,4,6,8-9H2,(H,17,19)/t12-,14?/m1/s1. The highest BCUT2D eigenvalue weighted by Gasteiger charge is 2.38. The van der Waals surface area contributed by atoms with Crippen molar-refractivity contribution in [2.45, 2.75) is 12.5 Å².